The molecule has 14 heavy (non-hydrogen) atoms. The normalized spacial score (nSPS) is 25.6. The van der Waals surface area contributed by atoms with Gasteiger partial charge in [-0.05, 0) is 6.42 Å². The fourth-order valence-corrected chi connectivity index (χ4v) is 2.34. The van der Waals surface area contributed by atoms with Gasteiger partial charge in [-0.1, -0.05) is 6.92 Å². The number of carbonyl (C=O) groups is 1. The average Bonchev–Trinajstić information content (AvgIpc) is 2.02. The molecule has 6 heteroatoms. The second-order valence-electron chi connectivity index (χ2n) is 3.20. The average molecular weight is 222 g/mol. The minimum Gasteiger partial charge on any atom is -0.461 e. The van der Waals surface area contributed by atoms with Crippen molar-refractivity contribution in [2.24, 2.45) is 0 Å². The molecule has 1 atom stereocenters. The summed E-state index contributed by atoms with van der Waals surface area (Å²) in [6, 6.07) is 0. The third-order valence-electron chi connectivity index (χ3n) is 1.84. The largest absolute Gasteiger partial charge is 0.461 e. The predicted octanol–water partition coefficient (Wildman–Crippen LogP) is 0.448. The maximum Gasteiger partial charge on any atom is 0.306 e. The van der Waals surface area contributed by atoms with Gasteiger partial charge in [-0.15, -0.1) is 0 Å². The molecule has 0 aromatic heterocycles. The van der Waals surface area contributed by atoms with Gasteiger partial charge < -0.3 is 4.74 Å². The van der Waals surface area contributed by atoms with E-state index in [0.29, 0.717) is 19.3 Å². The number of carbonyl (C=O) groups excluding carboxylic acids is 1. The first-order chi connectivity index (χ1) is 6.53. The van der Waals surface area contributed by atoms with Gasteiger partial charge in [0.1, 0.15) is 11.9 Å². The Morgan fingerprint density at radius 1 is 1.57 bits per heavy atom. The third kappa shape index (κ3) is 3.63. The quantitative estimate of drug-likeness (QED) is 0.512. The van der Waals surface area contributed by atoms with Crippen LogP contribution in [0.25, 0.3) is 0 Å². The summed E-state index contributed by atoms with van der Waals surface area (Å²) >= 11 is 0. The summed E-state index contributed by atoms with van der Waals surface area (Å²) in [6.07, 6.45) is 0.953. The summed E-state index contributed by atoms with van der Waals surface area (Å²) in [5.41, 5.74) is 0. The van der Waals surface area contributed by atoms with Gasteiger partial charge in [-0.25, -0.2) is 0 Å². The monoisotopic (exact) mass is 222 g/mol. The van der Waals surface area contributed by atoms with Crippen LogP contribution < -0.4 is 0 Å². The van der Waals surface area contributed by atoms with Gasteiger partial charge in [0.2, 0.25) is 0 Å². The molecule has 0 amide bonds. The topological polar surface area (TPSA) is 69.7 Å². The second kappa shape index (κ2) is 4.75. The second-order valence-corrected chi connectivity index (χ2v) is 4.88. The molecule has 82 valence electrons. The molecule has 1 aliphatic heterocycles. The first kappa shape index (κ1) is 11.5. The molecular weight excluding hydrogens is 208 g/mol. The lowest BCUT2D eigenvalue weighted by atomic mass is 10.3. The van der Waals surface area contributed by atoms with E-state index in [1.807, 2.05) is 6.92 Å². The smallest absolute Gasteiger partial charge is 0.306 e. The summed E-state index contributed by atoms with van der Waals surface area (Å²) in [5.74, 6) is -0.558. The molecule has 0 spiro atoms. The van der Waals surface area contributed by atoms with Crippen LogP contribution in [0.3, 0.4) is 0 Å². The molecule has 1 aliphatic rings. The van der Waals surface area contributed by atoms with Gasteiger partial charge in [0.15, 0.2) is 0 Å². The maximum atomic E-state index is 11.1. The molecule has 0 N–H and O–H groups in total. The van der Waals surface area contributed by atoms with Gasteiger partial charge >= 0.3 is 5.97 Å². The highest BCUT2D eigenvalue weighted by atomic mass is 32.2. The van der Waals surface area contributed by atoms with Crippen LogP contribution in [0, 0.1) is 0 Å². The van der Waals surface area contributed by atoms with Crippen LogP contribution in [0.5, 0.6) is 0 Å². The van der Waals surface area contributed by atoms with Crippen molar-refractivity contribution in [1.29, 1.82) is 0 Å². The summed E-state index contributed by atoms with van der Waals surface area (Å²) in [7, 11) is -3.47. The van der Waals surface area contributed by atoms with Gasteiger partial charge in [0.25, 0.3) is 10.1 Å². The predicted molar refractivity (Wildman–Crippen MR) is 49.1 cm³/mol. The van der Waals surface area contributed by atoms with E-state index >= 15 is 0 Å². The van der Waals surface area contributed by atoms with Crippen molar-refractivity contribution >= 4 is 16.1 Å². The molecule has 1 saturated heterocycles. The molecule has 0 aromatic carbocycles. The lowest BCUT2D eigenvalue weighted by Crippen LogP contribution is -2.34. The van der Waals surface area contributed by atoms with Crippen molar-refractivity contribution in [3.05, 3.63) is 0 Å². The van der Waals surface area contributed by atoms with Crippen LogP contribution >= 0.6 is 0 Å². The standard InChI is InChI=1S/C8H14O5S/c1-2-3-8(9)13-7-4-5-12-14(10,11)6-7/h7H,2-6H2,1H3. The summed E-state index contributed by atoms with van der Waals surface area (Å²) in [5, 5.41) is 0. The van der Waals surface area contributed by atoms with Gasteiger partial charge in [-0.2, -0.15) is 8.42 Å². The van der Waals surface area contributed by atoms with Crippen LogP contribution in [-0.2, 0) is 23.8 Å². The molecule has 1 unspecified atom stereocenters. The van der Waals surface area contributed by atoms with Gasteiger partial charge in [0, 0.05) is 12.8 Å². The molecular formula is C8H14O5S. The minimum absolute atomic E-state index is 0.104. The number of esters is 1. The zero-order chi connectivity index (χ0) is 10.6. The highest BCUT2D eigenvalue weighted by Gasteiger charge is 2.28. The number of rotatable bonds is 3. The van der Waals surface area contributed by atoms with Crippen molar-refractivity contribution in [2.75, 3.05) is 12.4 Å². The van der Waals surface area contributed by atoms with E-state index in [9.17, 15) is 13.2 Å². The highest BCUT2D eigenvalue weighted by Crippen LogP contribution is 2.13. The van der Waals surface area contributed by atoms with Crippen molar-refractivity contribution in [2.45, 2.75) is 32.3 Å². The number of hydrogen-bond acceptors (Lipinski definition) is 5. The Morgan fingerprint density at radius 2 is 2.29 bits per heavy atom. The van der Waals surface area contributed by atoms with Crippen molar-refractivity contribution in [1.82, 2.24) is 0 Å². The SMILES string of the molecule is CCCC(=O)OC1CCOS(=O)(=O)C1. The molecule has 1 rings (SSSR count). The van der Waals surface area contributed by atoms with E-state index in [0.717, 1.165) is 0 Å². The Balaban J connectivity index is 2.42. The van der Waals surface area contributed by atoms with E-state index in [1.54, 1.807) is 0 Å². The summed E-state index contributed by atoms with van der Waals surface area (Å²) in [4.78, 5) is 11.1. The molecule has 0 bridgehead atoms. The molecule has 1 heterocycles. The highest BCUT2D eigenvalue weighted by molar-refractivity contribution is 7.86. The Kier molecular flexibility index (Phi) is 3.88. The first-order valence-corrected chi connectivity index (χ1v) is 6.18. The zero-order valence-electron chi connectivity index (χ0n) is 8.06. The van der Waals surface area contributed by atoms with Crippen LogP contribution in [0.2, 0.25) is 0 Å². The van der Waals surface area contributed by atoms with Gasteiger partial charge in [0.05, 0.1) is 6.61 Å². The molecule has 0 aliphatic carbocycles. The zero-order valence-corrected chi connectivity index (χ0v) is 8.88. The Hall–Kier alpha value is -0.620. The van der Waals surface area contributed by atoms with E-state index in [4.69, 9.17) is 4.74 Å². The first-order valence-electron chi connectivity index (χ1n) is 4.60. The van der Waals surface area contributed by atoms with E-state index in [2.05, 4.69) is 4.18 Å². The Morgan fingerprint density at radius 3 is 2.86 bits per heavy atom. The molecule has 0 aromatic rings. The van der Waals surface area contributed by atoms with E-state index in [-0.39, 0.29) is 18.3 Å². The van der Waals surface area contributed by atoms with Crippen LogP contribution in [-0.4, -0.2) is 32.9 Å². The lowest BCUT2D eigenvalue weighted by molar-refractivity contribution is -0.148. The molecule has 5 nitrogen and oxygen atoms in total. The fourth-order valence-electron chi connectivity index (χ4n) is 1.21. The van der Waals surface area contributed by atoms with Crippen LogP contribution in [0.4, 0.5) is 0 Å². The molecule has 1 fully saturated rings. The van der Waals surface area contributed by atoms with Gasteiger partial charge in [-0.3, -0.25) is 8.98 Å². The summed E-state index contributed by atoms with van der Waals surface area (Å²) < 4.78 is 31.5. The summed E-state index contributed by atoms with van der Waals surface area (Å²) in [6.45, 7) is 1.97. The maximum absolute atomic E-state index is 11.1. The van der Waals surface area contributed by atoms with Crippen LogP contribution in [0.15, 0.2) is 0 Å². The fraction of sp³-hybridized carbons (Fsp3) is 0.875. The molecule has 0 saturated carbocycles. The van der Waals surface area contributed by atoms with Crippen LogP contribution in [0.1, 0.15) is 26.2 Å². The van der Waals surface area contributed by atoms with E-state index in [1.165, 1.54) is 0 Å². The third-order valence-corrected chi connectivity index (χ3v) is 3.15. The number of ether oxygens (including phenoxy) is 1. The number of hydrogen-bond donors (Lipinski definition) is 0. The molecule has 0 radical (unpaired) electrons. The Bertz CT molecular complexity index is 295. The van der Waals surface area contributed by atoms with Crippen molar-refractivity contribution in [3.63, 3.8) is 0 Å². The Labute approximate surface area is 83.5 Å². The van der Waals surface area contributed by atoms with Crippen molar-refractivity contribution in [3.8, 4) is 0 Å². The van der Waals surface area contributed by atoms with E-state index < -0.39 is 16.2 Å². The van der Waals surface area contributed by atoms with Crippen molar-refractivity contribution < 1.29 is 22.1 Å². The lowest BCUT2D eigenvalue weighted by Gasteiger charge is -2.21. The minimum atomic E-state index is -3.47.